The molecule has 0 radical (unpaired) electrons. The van der Waals surface area contributed by atoms with E-state index >= 15 is 0 Å². The van der Waals surface area contributed by atoms with Gasteiger partial charge in [-0.15, -0.1) is 0 Å². The summed E-state index contributed by atoms with van der Waals surface area (Å²) in [5, 5.41) is 4.57. The number of fused-ring (bicyclic) bond motifs is 1. The van der Waals surface area contributed by atoms with Crippen molar-refractivity contribution in [2.75, 3.05) is 11.9 Å². The number of hydrogen-bond acceptors (Lipinski definition) is 2. The molecule has 3 heteroatoms. The Morgan fingerprint density at radius 2 is 1.88 bits per heavy atom. The first-order valence-corrected chi connectivity index (χ1v) is 8.62. The second-order valence-corrected chi connectivity index (χ2v) is 6.28. The van der Waals surface area contributed by atoms with Gasteiger partial charge in [0.25, 0.3) is 5.56 Å². The van der Waals surface area contributed by atoms with E-state index in [9.17, 15) is 4.79 Å². The first-order valence-electron chi connectivity index (χ1n) is 8.62. The van der Waals surface area contributed by atoms with Crippen LogP contribution in [0.2, 0.25) is 0 Å². The molecule has 0 amide bonds. The predicted molar refractivity (Wildman–Crippen MR) is 102 cm³/mol. The van der Waals surface area contributed by atoms with Crippen LogP contribution in [-0.2, 0) is 6.42 Å². The number of aromatic nitrogens is 1. The summed E-state index contributed by atoms with van der Waals surface area (Å²) in [6, 6.07) is 16.4. The molecule has 0 aliphatic carbocycles. The van der Waals surface area contributed by atoms with E-state index < -0.39 is 0 Å². The number of aromatic amines is 1. The minimum atomic E-state index is 0.000149. The molecule has 0 aliphatic heterocycles. The number of unbranched alkanes of at least 4 members (excludes halogenated alkanes) is 1. The number of benzene rings is 2. The summed E-state index contributed by atoms with van der Waals surface area (Å²) in [6.45, 7) is 5.16. The molecule has 0 atom stereocenters. The van der Waals surface area contributed by atoms with E-state index in [2.05, 4.69) is 29.4 Å². The van der Waals surface area contributed by atoms with Gasteiger partial charge in [-0.1, -0.05) is 49.7 Å². The van der Waals surface area contributed by atoms with Crippen LogP contribution in [0.4, 0.5) is 5.69 Å². The summed E-state index contributed by atoms with van der Waals surface area (Å²) in [4.78, 5) is 15.5. The number of nitrogens with one attached hydrogen (secondary N) is 2. The van der Waals surface area contributed by atoms with Crippen molar-refractivity contribution in [3.8, 4) is 0 Å². The minimum Gasteiger partial charge on any atom is -0.385 e. The fourth-order valence-corrected chi connectivity index (χ4v) is 3.01. The molecule has 0 unspecified atom stereocenters. The number of pyridine rings is 1. The Balaban J connectivity index is 1.93. The second-order valence-electron chi connectivity index (χ2n) is 6.28. The van der Waals surface area contributed by atoms with E-state index in [0.717, 1.165) is 46.2 Å². The second kappa shape index (κ2) is 7.35. The van der Waals surface area contributed by atoms with Crippen molar-refractivity contribution in [1.82, 2.24) is 4.98 Å². The Labute approximate surface area is 142 Å². The number of para-hydroxylation sites is 2. The van der Waals surface area contributed by atoms with E-state index in [1.807, 2.05) is 43.3 Å². The third-order valence-electron chi connectivity index (χ3n) is 4.41. The van der Waals surface area contributed by atoms with E-state index in [1.54, 1.807) is 0 Å². The number of H-pyrrole nitrogens is 1. The maximum Gasteiger partial charge on any atom is 0.251 e. The van der Waals surface area contributed by atoms with Crippen molar-refractivity contribution in [2.24, 2.45) is 0 Å². The molecule has 0 bridgehead atoms. The van der Waals surface area contributed by atoms with Gasteiger partial charge in [-0.05, 0) is 42.0 Å². The first kappa shape index (κ1) is 16.3. The third kappa shape index (κ3) is 3.51. The maximum atomic E-state index is 12.5. The monoisotopic (exact) mass is 320 g/mol. The topological polar surface area (TPSA) is 44.9 Å². The Morgan fingerprint density at radius 1 is 1.04 bits per heavy atom. The molecule has 3 rings (SSSR count). The molecular weight excluding hydrogens is 296 g/mol. The molecule has 0 fully saturated rings. The largest absolute Gasteiger partial charge is 0.385 e. The van der Waals surface area contributed by atoms with Crippen molar-refractivity contribution in [2.45, 2.75) is 33.1 Å². The van der Waals surface area contributed by atoms with Gasteiger partial charge in [0.1, 0.15) is 0 Å². The van der Waals surface area contributed by atoms with Crippen LogP contribution in [0.25, 0.3) is 10.9 Å². The lowest BCUT2D eigenvalue weighted by molar-refractivity contribution is 0.833. The van der Waals surface area contributed by atoms with E-state index in [-0.39, 0.29) is 5.56 Å². The van der Waals surface area contributed by atoms with Crippen LogP contribution in [-0.4, -0.2) is 11.5 Å². The molecule has 0 spiro atoms. The standard InChI is InChI=1S/C21H24N2O/c1-3-4-12-22-19-11-6-5-9-16(19)13-18-14-17-10-7-8-15(2)20(17)23-21(18)24/h5-11,14,22H,3-4,12-13H2,1-2H3,(H,23,24). The Bertz CT molecular complexity index is 896. The van der Waals surface area contributed by atoms with Gasteiger partial charge < -0.3 is 10.3 Å². The highest BCUT2D eigenvalue weighted by Crippen LogP contribution is 2.20. The maximum absolute atomic E-state index is 12.5. The van der Waals surface area contributed by atoms with Gasteiger partial charge in [0.05, 0.1) is 5.52 Å². The van der Waals surface area contributed by atoms with Crippen LogP contribution in [0.3, 0.4) is 0 Å². The Kier molecular flexibility index (Phi) is 4.99. The summed E-state index contributed by atoms with van der Waals surface area (Å²) in [6.07, 6.45) is 2.94. The molecule has 3 nitrogen and oxygen atoms in total. The molecule has 3 aromatic rings. The number of hydrogen-bond donors (Lipinski definition) is 2. The summed E-state index contributed by atoms with van der Waals surface area (Å²) < 4.78 is 0. The Morgan fingerprint density at radius 3 is 2.71 bits per heavy atom. The minimum absolute atomic E-state index is 0.000149. The van der Waals surface area contributed by atoms with Gasteiger partial charge in [-0.3, -0.25) is 4.79 Å². The van der Waals surface area contributed by atoms with Gasteiger partial charge in [-0.2, -0.15) is 0 Å². The van der Waals surface area contributed by atoms with Gasteiger partial charge >= 0.3 is 0 Å². The molecular formula is C21H24N2O. The van der Waals surface area contributed by atoms with Gasteiger partial charge in [0, 0.05) is 24.2 Å². The first-order chi connectivity index (χ1) is 11.7. The van der Waals surface area contributed by atoms with Crippen molar-refractivity contribution in [3.05, 3.63) is 75.6 Å². The van der Waals surface area contributed by atoms with Crippen molar-refractivity contribution in [1.29, 1.82) is 0 Å². The number of rotatable bonds is 6. The zero-order valence-corrected chi connectivity index (χ0v) is 14.4. The summed E-state index contributed by atoms with van der Waals surface area (Å²) >= 11 is 0. The number of aryl methyl sites for hydroxylation is 1. The fourth-order valence-electron chi connectivity index (χ4n) is 3.01. The van der Waals surface area contributed by atoms with Gasteiger partial charge in [0.15, 0.2) is 0 Å². The van der Waals surface area contributed by atoms with Gasteiger partial charge in [-0.25, -0.2) is 0 Å². The van der Waals surface area contributed by atoms with Crippen LogP contribution in [0.1, 0.15) is 36.5 Å². The molecule has 0 aliphatic rings. The van der Waals surface area contributed by atoms with E-state index in [4.69, 9.17) is 0 Å². The average Bonchev–Trinajstić information content (AvgIpc) is 2.58. The van der Waals surface area contributed by atoms with Crippen LogP contribution in [0.15, 0.2) is 53.3 Å². The summed E-state index contributed by atoms with van der Waals surface area (Å²) in [5.74, 6) is 0. The quantitative estimate of drug-likeness (QED) is 0.650. The highest BCUT2D eigenvalue weighted by Gasteiger charge is 2.08. The normalized spacial score (nSPS) is 10.9. The average molecular weight is 320 g/mol. The van der Waals surface area contributed by atoms with Crippen LogP contribution < -0.4 is 10.9 Å². The molecule has 2 N–H and O–H groups in total. The predicted octanol–water partition coefficient (Wildman–Crippen LogP) is 4.64. The SMILES string of the molecule is CCCCNc1ccccc1Cc1cc2cccc(C)c2[nH]c1=O. The molecule has 124 valence electrons. The number of anilines is 1. The fraction of sp³-hybridized carbons (Fsp3) is 0.286. The summed E-state index contributed by atoms with van der Waals surface area (Å²) in [7, 11) is 0. The Hall–Kier alpha value is -2.55. The van der Waals surface area contributed by atoms with Crippen molar-refractivity contribution in [3.63, 3.8) is 0 Å². The van der Waals surface area contributed by atoms with Gasteiger partial charge in [0.2, 0.25) is 0 Å². The molecule has 24 heavy (non-hydrogen) atoms. The highest BCUT2D eigenvalue weighted by atomic mass is 16.1. The molecule has 0 saturated heterocycles. The highest BCUT2D eigenvalue weighted by molar-refractivity contribution is 5.82. The molecule has 2 aromatic carbocycles. The molecule has 0 saturated carbocycles. The van der Waals surface area contributed by atoms with E-state index in [0.29, 0.717) is 6.42 Å². The van der Waals surface area contributed by atoms with E-state index in [1.165, 1.54) is 6.42 Å². The smallest absolute Gasteiger partial charge is 0.251 e. The van der Waals surface area contributed by atoms with Crippen LogP contribution >= 0.6 is 0 Å². The zero-order chi connectivity index (χ0) is 16.9. The molecule has 1 heterocycles. The van der Waals surface area contributed by atoms with Crippen LogP contribution in [0, 0.1) is 6.92 Å². The van der Waals surface area contributed by atoms with Crippen molar-refractivity contribution >= 4 is 16.6 Å². The van der Waals surface area contributed by atoms with Crippen LogP contribution in [0.5, 0.6) is 0 Å². The molecule has 1 aromatic heterocycles. The lowest BCUT2D eigenvalue weighted by Crippen LogP contribution is -2.14. The zero-order valence-electron chi connectivity index (χ0n) is 14.4. The lowest BCUT2D eigenvalue weighted by Gasteiger charge is -2.12. The third-order valence-corrected chi connectivity index (χ3v) is 4.41. The lowest BCUT2D eigenvalue weighted by atomic mass is 10.0. The summed E-state index contributed by atoms with van der Waals surface area (Å²) in [5.41, 5.74) is 5.11. The van der Waals surface area contributed by atoms with Crippen molar-refractivity contribution < 1.29 is 0 Å².